The molecule has 0 unspecified atom stereocenters. The quantitative estimate of drug-likeness (QED) is 0.708. The van der Waals surface area contributed by atoms with Gasteiger partial charge in [0.1, 0.15) is 0 Å². The van der Waals surface area contributed by atoms with Crippen molar-refractivity contribution in [2.45, 2.75) is 19.4 Å². The average Bonchev–Trinajstić information content (AvgIpc) is 2.18. The zero-order valence-electron chi connectivity index (χ0n) is 8.04. The highest BCUT2D eigenvalue weighted by atomic mass is 35.5. The van der Waals surface area contributed by atoms with Crippen LogP contribution in [0.15, 0.2) is 18.3 Å². The van der Waals surface area contributed by atoms with E-state index in [9.17, 15) is 0 Å². The molecule has 1 aromatic heterocycles. The third kappa shape index (κ3) is 4.56. The number of hydrogen-bond donors (Lipinski definition) is 2. The molecule has 4 heteroatoms. The van der Waals surface area contributed by atoms with Crippen LogP contribution in [0.3, 0.4) is 0 Å². The number of nitrogens with one attached hydrogen (secondary N) is 1. The normalized spacial score (nSPS) is 10.4. The van der Waals surface area contributed by atoms with Gasteiger partial charge in [-0.1, -0.05) is 11.6 Å². The minimum atomic E-state index is 0.261. The number of pyridine rings is 1. The van der Waals surface area contributed by atoms with Gasteiger partial charge in [0.15, 0.2) is 0 Å². The monoisotopic (exact) mass is 214 g/mol. The molecule has 1 heterocycles. The van der Waals surface area contributed by atoms with Crippen molar-refractivity contribution in [3.05, 3.63) is 29.0 Å². The first-order valence-electron chi connectivity index (χ1n) is 4.75. The zero-order valence-corrected chi connectivity index (χ0v) is 8.80. The lowest BCUT2D eigenvalue weighted by Gasteiger charge is -2.03. The maximum absolute atomic E-state index is 8.56. The van der Waals surface area contributed by atoms with E-state index in [1.807, 2.05) is 6.07 Å². The molecule has 0 fully saturated rings. The molecular formula is C10H15ClN2O. The molecule has 0 spiro atoms. The van der Waals surface area contributed by atoms with Gasteiger partial charge >= 0.3 is 0 Å². The van der Waals surface area contributed by atoms with Crippen molar-refractivity contribution in [2.75, 3.05) is 13.2 Å². The van der Waals surface area contributed by atoms with Crippen LogP contribution in [-0.2, 0) is 6.54 Å². The van der Waals surface area contributed by atoms with E-state index >= 15 is 0 Å². The van der Waals surface area contributed by atoms with Crippen LogP contribution in [-0.4, -0.2) is 23.2 Å². The molecule has 0 radical (unpaired) electrons. The van der Waals surface area contributed by atoms with Gasteiger partial charge < -0.3 is 10.4 Å². The van der Waals surface area contributed by atoms with Crippen LogP contribution >= 0.6 is 11.6 Å². The molecule has 0 aliphatic carbocycles. The van der Waals surface area contributed by atoms with Gasteiger partial charge in [0, 0.05) is 24.4 Å². The Kier molecular flexibility index (Phi) is 5.52. The summed E-state index contributed by atoms with van der Waals surface area (Å²) in [7, 11) is 0. The molecule has 0 bridgehead atoms. The minimum absolute atomic E-state index is 0.261. The van der Waals surface area contributed by atoms with Gasteiger partial charge in [-0.3, -0.25) is 4.98 Å². The van der Waals surface area contributed by atoms with Crippen LogP contribution < -0.4 is 5.32 Å². The van der Waals surface area contributed by atoms with Crippen molar-refractivity contribution in [3.63, 3.8) is 0 Å². The summed E-state index contributed by atoms with van der Waals surface area (Å²) < 4.78 is 0. The summed E-state index contributed by atoms with van der Waals surface area (Å²) in [5.41, 5.74) is 0.946. The number of nitrogens with zero attached hydrogens (tertiary/aromatic N) is 1. The Labute approximate surface area is 89.1 Å². The molecule has 1 rings (SSSR count). The predicted octanol–water partition coefficient (Wildman–Crippen LogP) is 1.60. The Hall–Kier alpha value is -0.640. The number of aliphatic hydroxyl groups is 1. The fraction of sp³-hybridized carbons (Fsp3) is 0.500. The highest BCUT2D eigenvalue weighted by molar-refractivity contribution is 6.30. The lowest BCUT2D eigenvalue weighted by molar-refractivity contribution is 0.283. The van der Waals surface area contributed by atoms with Gasteiger partial charge in [0.25, 0.3) is 0 Å². The smallest absolute Gasteiger partial charge is 0.0556 e. The molecular weight excluding hydrogens is 200 g/mol. The predicted molar refractivity (Wildman–Crippen MR) is 57.3 cm³/mol. The van der Waals surface area contributed by atoms with Crippen molar-refractivity contribution >= 4 is 11.6 Å². The second-order valence-electron chi connectivity index (χ2n) is 3.07. The molecule has 1 aromatic rings. The van der Waals surface area contributed by atoms with E-state index < -0.39 is 0 Å². The fourth-order valence-electron chi connectivity index (χ4n) is 1.12. The standard InChI is InChI=1S/C10H15ClN2O/c11-9-3-5-13-10(7-9)8-12-4-1-2-6-14/h3,5,7,12,14H,1-2,4,6,8H2. The number of aromatic nitrogens is 1. The van der Waals surface area contributed by atoms with E-state index in [0.717, 1.165) is 31.6 Å². The molecule has 2 N–H and O–H groups in total. The molecule has 0 atom stereocenters. The summed E-state index contributed by atoms with van der Waals surface area (Å²) in [6, 6.07) is 3.61. The number of halogens is 1. The summed E-state index contributed by atoms with van der Waals surface area (Å²) >= 11 is 5.81. The van der Waals surface area contributed by atoms with Crippen molar-refractivity contribution in [1.29, 1.82) is 0 Å². The largest absolute Gasteiger partial charge is 0.396 e. The SMILES string of the molecule is OCCCCNCc1cc(Cl)ccn1. The second-order valence-corrected chi connectivity index (χ2v) is 3.51. The van der Waals surface area contributed by atoms with E-state index in [2.05, 4.69) is 10.3 Å². The van der Waals surface area contributed by atoms with Crippen molar-refractivity contribution in [3.8, 4) is 0 Å². The Bertz CT molecular complexity index is 268. The molecule has 0 aliphatic rings. The lowest BCUT2D eigenvalue weighted by atomic mass is 10.3. The van der Waals surface area contributed by atoms with Crippen LogP contribution in [0, 0.1) is 0 Å². The molecule has 14 heavy (non-hydrogen) atoms. The Morgan fingerprint density at radius 1 is 1.43 bits per heavy atom. The van der Waals surface area contributed by atoms with Crippen LogP contribution in [0.1, 0.15) is 18.5 Å². The highest BCUT2D eigenvalue weighted by Gasteiger charge is 1.94. The maximum Gasteiger partial charge on any atom is 0.0556 e. The van der Waals surface area contributed by atoms with Crippen molar-refractivity contribution < 1.29 is 5.11 Å². The van der Waals surface area contributed by atoms with Crippen molar-refractivity contribution in [2.24, 2.45) is 0 Å². The Morgan fingerprint density at radius 3 is 3.00 bits per heavy atom. The summed E-state index contributed by atoms with van der Waals surface area (Å²) in [5.74, 6) is 0. The zero-order chi connectivity index (χ0) is 10.2. The van der Waals surface area contributed by atoms with Crippen LogP contribution in [0.4, 0.5) is 0 Å². The minimum Gasteiger partial charge on any atom is -0.396 e. The topological polar surface area (TPSA) is 45.1 Å². The van der Waals surface area contributed by atoms with E-state index in [-0.39, 0.29) is 6.61 Å². The van der Waals surface area contributed by atoms with Gasteiger partial charge in [0.05, 0.1) is 5.69 Å². The maximum atomic E-state index is 8.56. The van der Waals surface area contributed by atoms with Gasteiger partial charge in [-0.25, -0.2) is 0 Å². The molecule has 3 nitrogen and oxygen atoms in total. The van der Waals surface area contributed by atoms with Crippen LogP contribution in [0.5, 0.6) is 0 Å². The van der Waals surface area contributed by atoms with Gasteiger partial charge in [-0.2, -0.15) is 0 Å². The van der Waals surface area contributed by atoms with E-state index in [4.69, 9.17) is 16.7 Å². The van der Waals surface area contributed by atoms with Crippen LogP contribution in [0.2, 0.25) is 5.02 Å². The van der Waals surface area contributed by atoms with E-state index in [0.29, 0.717) is 5.02 Å². The highest BCUT2D eigenvalue weighted by Crippen LogP contribution is 2.07. The van der Waals surface area contributed by atoms with Crippen LogP contribution in [0.25, 0.3) is 0 Å². The summed E-state index contributed by atoms with van der Waals surface area (Å²) in [6.45, 7) is 1.89. The van der Waals surface area contributed by atoms with E-state index in [1.165, 1.54) is 0 Å². The summed E-state index contributed by atoms with van der Waals surface area (Å²) in [5, 5.41) is 12.5. The van der Waals surface area contributed by atoms with Crippen molar-refractivity contribution in [1.82, 2.24) is 10.3 Å². The van der Waals surface area contributed by atoms with Gasteiger partial charge in [0.2, 0.25) is 0 Å². The molecule has 78 valence electrons. The average molecular weight is 215 g/mol. The summed E-state index contributed by atoms with van der Waals surface area (Å²) in [4.78, 5) is 4.16. The first-order chi connectivity index (χ1) is 6.83. The Balaban J connectivity index is 2.18. The first kappa shape index (κ1) is 11.4. The molecule has 0 saturated heterocycles. The Morgan fingerprint density at radius 2 is 2.29 bits per heavy atom. The van der Waals surface area contributed by atoms with Gasteiger partial charge in [-0.15, -0.1) is 0 Å². The molecule has 0 aliphatic heterocycles. The third-order valence-corrected chi connectivity index (χ3v) is 2.08. The van der Waals surface area contributed by atoms with Gasteiger partial charge in [-0.05, 0) is 31.5 Å². The number of hydrogen-bond acceptors (Lipinski definition) is 3. The lowest BCUT2D eigenvalue weighted by Crippen LogP contribution is -2.15. The second kappa shape index (κ2) is 6.76. The third-order valence-electron chi connectivity index (χ3n) is 1.85. The molecule has 0 amide bonds. The number of unbranched alkanes of at least 4 members (excludes halogenated alkanes) is 1. The first-order valence-corrected chi connectivity index (χ1v) is 5.12. The summed E-state index contributed by atoms with van der Waals surface area (Å²) in [6.07, 6.45) is 3.53. The fourth-order valence-corrected chi connectivity index (χ4v) is 1.31. The number of aliphatic hydroxyl groups excluding tert-OH is 1. The molecule has 0 aromatic carbocycles. The molecule has 0 saturated carbocycles. The van der Waals surface area contributed by atoms with E-state index in [1.54, 1.807) is 12.3 Å². The number of rotatable bonds is 6.